The Morgan fingerprint density at radius 1 is 0.880 bits per heavy atom. The van der Waals surface area contributed by atoms with Crippen molar-refractivity contribution < 1.29 is 16.8 Å². The minimum atomic E-state index is -3.83. The van der Waals surface area contributed by atoms with Crippen molar-refractivity contribution in [2.24, 2.45) is 5.73 Å². The maximum atomic E-state index is 12.9. The van der Waals surface area contributed by atoms with Crippen molar-refractivity contribution in [3.8, 4) is 0 Å². The third kappa shape index (κ3) is 5.12. The summed E-state index contributed by atoms with van der Waals surface area (Å²) in [6, 6.07) is 14.9. The van der Waals surface area contributed by atoms with Crippen LogP contribution >= 0.6 is 0 Å². The number of nitrogens with two attached hydrogens (primary N) is 1. The van der Waals surface area contributed by atoms with Gasteiger partial charge in [-0.25, -0.2) is 16.8 Å². The van der Waals surface area contributed by atoms with Crippen molar-refractivity contribution in [3.63, 3.8) is 0 Å². The molecule has 2 aromatic carbocycles. The van der Waals surface area contributed by atoms with E-state index in [2.05, 4.69) is 0 Å². The lowest BCUT2D eigenvalue weighted by molar-refractivity contribution is 0.421. The summed E-state index contributed by atoms with van der Waals surface area (Å²) >= 11 is 0. The van der Waals surface area contributed by atoms with E-state index in [1.165, 1.54) is 28.6 Å². The van der Waals surface area contributed by atoms with Crippen LogP contribution in [-0.2, 0) is 26.3 Å². The van der Waals surface area contributed by atoms with E-state index >= 15 is 0 Å². The fourth-order valence-electron chi connectivity index (χ4n) is 2.41. The predicted octanol–water partition coefficient (Wildman–Crippen LogP) is 1.28. The van der Waals surface area contributed by atoms with Gasteiger partial charge < -0.3 is 5.73 Å². The standard InChI is InChI=1S/C17H22N2O4S2/c1-24(20,21)16-8-5-9-17(14-16)25(22,23)19(13-11-18)12-10-15-6-3-2-4-7-15/h2-9,14H,10-13,18H2,1H3. The second kappa shape index (κ2) is 8.09. The Morgan fingerprint density at radius 2 is 1.52 bits per heavy atom. The second-order valence-corrected chi connectivity index (χ2v) is 9.63. The first-order chi connectivity index (χ1) is 11.7. The van der Waals surface area contributed by atoms with E-state index in [-0.39, 0.29) is 29.4 Å². The molecule has 0 saturated heterocycles. The highest BCUT2D eigenvalue weighted by atomic mass is 32.2. The van der Waals surface area contributed by atoms with Crippen LogP contribution in [0.3, 0.4) is 0 Å². The van der Waals surface area contributed by atoms with Gasteiger partial charge in [0.05, 0.1) is 9.79 Å². The molecule has 2 rings (SSSR count). The van der Waals surface area contributed by atoms with Crippen LogP contribution in [0.5, 0.6) is 0 Å². The number of rotatable bonds is 8. The molecule has 0 spiro atoms. The Kier molecular flexibility index (Phi) is 6.34. The molecule has 0 unspecified atom stereocenters. The zero-order valence-corrected chi connectivity index (χ0v) is 15.6. The van der Waals surface area contributed by atoms with Gasteiger partial charge >= 0.3 is 0 Å². The Morgan fingerprint density at radius 3 is 2.12 bits per heavy atom. The first-order valence-corrected chi connectivity index (χ1v) is 11.1. The predicted molar refractivity (Wildman–Crippen MR) is 97.5 cm³/mol. The largest absolute Gasteiger partial charge is 0.329 e. The molecule has 6 nitrogen and oxygen atoms in total. The second-order valence-electron chi connectivity index (χ2n) is 5.68. The minimum Gasteiger partial charge on any atom is -0.329 e. The van der Waals surface area contributed by atoms with Crippen molar-refractivity contribution in [1.29, 1.82) is 0 Å². The third-order valence-electron chi connectivity index (χ3n) is 3.74. The quantitative estimate of drug-likeness (QED) is 0.742. The highest BCUT2D eigenvalue weighted by Gasteiger charge is 2.24. The molecule has 0 aliphatic heterocycles. The van der Waals surface area contributed by atoms with Gasteiger partial charge in [-0.05, 0) is 30.2 Å². The molecule has 0 aliphatic carbocycles. The monoisotopic (exact) mass is 382 g/mol. The van der Waals surface area contributed by atoms with Crippen molar-refractivity contribution in [2.75, 3.05) is 25.9 Å². The van der Waals surface area contributed by atoms with E-state index in [1.54, 1.807) is 0 Å². The first-order valence-electron chi connectivity index (χ1n) is 7.79. The molecule has 0 atom stereocenters. The minimum absolute atomic E-state index is 0.0238. The molecule has 25 heavy (non-hydrogen) atoms. The lowest BCUT2D eigenvalue weighted by Crippen LogP contribution is -2.37. The van der Waals surface area contributed by atoms with Crippen LogP contribution in [0.4, 0.5) is 0 Å². The molecule has 0 aromatic heterocycles. The maximum absolute atomic E-state index is 12.9. The van der Waals surface area contributed by atoms with E-state index in [9.17, 15) is 16.8 Å². The topological polar surface area (TPSA) is 97.5 Å². The number of sulfone groups is 1. The fraction of sp³-hybridized carbons (Fsp3) is 0.294. The van der Waals surface area contributed by atoms with E-state index in [0.29, 0.717) is 6.42 Å². The van der Waals surface area contributed by atoms with Gasteiger partial charge in [0.2, 0.25) is 10.0 Å². The molecule has 8 heteroatoms. The Labute approximate surface area is 149 Å². The van der Waals surface area contributed by atoms with E-state index in [4.69, 9.17) is 5.73 Å². The summed E-state index contributed by atoms with van der Waals surface area (Å²) in [6.45, 7) is 0.616. The van der Waals surface area contributed by atoms with E-state index < -0.39 is 19.9 Å². The van der Waals surface area contributed by atoms with Crippen LogP contribution in [0.1, 0.15) is 5.56 Å². The number of sulfonamides is 1. The molecule has 0 saturated carbocycles. The van der Waals surface area contributed by atoms with Crippen molar-refractivity contribution in [1.82, 2.24) is 4.31 Å². The van der Waals surface area contributed by atoms with Crippen molar-refractivity contribution >= 4 is 19.9 Å². The molecule has 0 radical (unpaired) electrons. The molecule has 0 amide bonds. The number of hydrogen-bond acceptors (Lipinski definition) is 5. The highest BCUT2D eigenvalue weighted by Crippen LogP contribution is 2.20. The van der Waals surface area contributed by atoms with Gasteiger partial charge in [0.25, 0.3) is 0 Å². The molecule has 0 bridgehead atoms. The molecule has 0 heterocycles. The zero-order valence-electron chi connectivity index (χ0n) is 14.0. The Hall–Kier alpha value is -1.74. The maximum Gasteiger partial charge on any atom is 0.243 e. The van der Waals surface area contributed by atoms with E-state index in [0.717, 1.165) is 11.8 Å². The smallest absolute Gasteiger partial charge is 0.243 e. The fourth-order valence-corrected chi connectivity index (χ4v) is 4.65. The average Bonchev–Trinajstić information content (AvgIpc) is 2.58. The Bertz CT molecular complexity index is 911. The summed E-state index contributed by atoms with van der Waals surface area (Å²) in [5.41, 5.74) is 6.59. The van der Waals surface area contributed by atoms with E-state index in [1.807, 2.05) is 30.3 Å². The normalized spacial score (nSPS) is 12.4. The van der Waals surface area contributed by atoms with Gasteiger partial charge in [0.1, 0.15) is 0 Å². The summed E-state index contributed by atoms with van der Waals surface area (Å²) in [6.07, 6.45) is 1.59. The molecule has 0 fully saturated rings. The average molecular weight is 383 g/mol. The van der Waals surface area contributed by atoms with Crippen LogP contribution in [0.15, 0.2) is 64.4 Å². The molecule has 2 N–H and O–H groups in total. The van der Waals surface area contributed by atoms with Crippen LogP contribution in [0.25, 0.3) is 0 Å². The molecular formula is C17H22N2O4S2. The van der Waals surface area contributed by atoms with Gasteiger partial charge in [-0.3, -0.25) is 0 Å². The van der Waals surface area contributed by atoms with Crippen molar-refractivity contribution in [3.05, 3.63) is 60.2 Å². The van der Waals surface area contributed by atoms with Gasteiger partial charge in [-0.1, -0.05) is 36.4 Å². The molecule has 136 valence electrons. The number of hydrogen-bond donors (Lipinski definition) is 1. The van der Waals surface area contributed by atoms with Gasteiger partial charge in [0.15, 0.2) is 9.84 Å². The summed E-state index contributed by atoms with van der Waals surface area (Å²) in [5.74, 6) is 0. The lowest BCUT2D eigenvalue weighted by atomic mass is 10.1. The lowest BCUT2D eigenvalue weighted by Gasteiger charge is -2.22. The molecular weight excluding hydrogens is 360 g/mol. The highest BCUT2D eigenvalue weighted by molar-refractivity contribution is 7.91. The van der Waals surface area contributed by atoms with Crippen molar-refractivity contribution in [2.45, 2.75) is 16.2 Å². The third-order valence-corrected chi connectivity index (χ3v) is 6.75. The summed E-state index contributed by atoms with van der Waals surface area (Å²) in [7, 11) is -7.31. The number of nitrogens with zero attached hydrogens (tertiary/aromatic N) is 1. The zero-order chi connectivity index (χ0) is 18.5. The molecule has 2 aromatic rings. The van der Waals surface area contributed by atoms with Gasteiger partial charge in [-0.15, -0.1) is 0 Å². The van der Waals surface area contributed by atoms with Crippen LogP contribution in [0, 0.1) is 0 Å². The molecule has 0 aliphatic rings. The van der Waals surface area contributed by atoms with Gasteiger partial charge in [-0.2, -0.15) is 4.31 Å². The van der Waals surface area contributed by atoms with Crippen LogP contribution < -0.4 is 5.73 Å². The Balaban J connectivity index is 2.29. The SMILES string of the molecule is CS(=O)(=O)c1cccc(S(=O)(=O)N(CCN)CCc2ccccc2)c1. The van der Waals surface area contributed by atoms with Crippen LogP contribution in [-0.4, -0.2) is 47.0 Å². The number of benzene rings is 2. The summed E-state index contributed by atoms with van der Waals surface area (Å²) < 4.78 is 50.5. The first kappa shape index (κ1) is 19.6. The summed E-state index contributed by atoms with van der Waals surface area (Å²) in [5, 5.41) is 0. The van der Waals surface area contributed by atoms with Gasteiger partial charge in [0, 0.05) is 25.9 Å². The summed E-state index contributed by atoms with van der Waals surface area (Å²) in [4.78, 5) is -0.0683. The van der Waals surface area contributed by atoms with Crippen LogP contribution in [0.2, 0.25) is 0 Å².